The molecule has 2 saturated heterocycles. The minimum absolute atomic E-state index is 0.134. The molecule has 1 amide bonds. The van der Waals surface area contributed by atoms with Crippen LogP contribution in [0.25, 0.3) is 0 Å². The summed E-state index contributed by atoms with van der Waals surface area (Å²) in [7, 11) is 0. The minimum Gasteiger partial charge on any atom is -0.355 e. The Morgan fingerprint density at radius 2 is 1.80 bits per heavy atom. The van der Waals surface area contributed by atoms with Gasteiger partial charge in [0.2, 0.25) is 5.91 Å². The van der Waals surface area contributed by atoms with Crippen LogP contribution in [0.5, 0.6) is 0 Å². The number of hydrogen-bond donors (Lipinski definition) is 1. The van der Waals surface area contributed by atoms with Crippen molar-refractivity contribution < 1.29 is 4.79 Å². The molecular formula is C25H34N4O. The first-order valence-electron chi connectivity index (χ1n) is 11.4. The summed E-state index contributed by atoms with van der Waals surface area (Å²) < 4.78 is 0. The number of carbonyl (C=O) groups is 1. The van der Waals surface area contributed by atoms with Crippen LogP contribution in [-0.2, 0) is 17.8 Å². The lowest BCUT2D eigenvalue weighted by Crippen LogP contribution is -2.50. The molecule has 1 N–H and O–H groups in total. The van der Waals surface area contributed by atoms with Crippen molar-refractivity contribution in [2.24, 2.45) is 5.92 Å². The number of likely N-dealkylation sites (tertiary alicyclic amines) is 2. The topological polar surface area (TPSA) is 48.5 Å². The lowest BCUT2D eigenvalue weighted by atomic mass is 9.93. The summed E-state index contributed by atoms with van der Waals surface area (Å²) in [6, 6.07) is 15.4. The number of piperidine rings is 2. The molecular weight excluding hydrogens is 372 g/mol. The molecule has 0 bridgehead atoms. The van der Waals surface area contributed by atoms with Crippen LogP contribution in [0.4, 0.5) is 0 Å². The summed E-state index contributed by atoms with van der Waals surface area (Å²) in [4.78, 5) is 22.0. The molecule has 0 aliphatic carbocycles. The van der Waals surface area contributed by atoms with Crippen LogP contribution in [0.3, 0.4) is 0 Å². The molecule has 0 saturated carbocycles. The number of benzene rings is 1. The van der Waals surface area contributed by atoms with E-state index < -0.39 is 0 Å². The van der Waals surface area contributed by atoms with Gasteiger partial charge >= 0.3 is 0 Å². The minimum atomic E-state index is 0.134. The van der Waals surface area contributed by atoms with Crippen molar-refractivity contribution in [1.29, 1.82) is 0 Å². The molecule has 160 valence electrons. The van der Waals surface area contributed by atoms with Gasteiger partial charge in [-0.2, -0.15) is 0 Å². The van der Waals surface area contributed by atoms with Crippen molar-refractivity contribution in [3.05, 3.63) is 66.0 Å². The number of nitrogens with zero attached hydrogens (tertiary/aromatic N) is 3. The van der Waals surface area contributed by atoms with E-state index in [0.717, 1.165) is 52.0 Å². The average Bonchev–Trinajstić information content (AvgIpc) is 2.81. The van der Waals surface area contributed by atoms with Gasteiger partial charge in [0.15, 0.2) is 0 Å². The average molecular weight is 407 g/mol. The fourth-order valence-corrected chi connectivity index (χ4v) is 4.86. The molecule has 0 radical (unpaired) electrons. The number of amides is 1. The van der Waals surface area contributed by atoms with Crippen molar-refractivity contribution >= 4 is 5.91 Å². The third kappa shape index (κ3) is 5.89. The summed E-state index contributed by atoms with van der Waals surface area (Å²) in [5.74, 6) is 0.361. The molecule has 1 aromatic carbocycles. The molecule has 3 heterocycles. The number of carbonyl (C=O) groups excluding carboxylic acids is 1. The van der Waals surface area contributed by atoms with E-state index >= 15 is 0 Å². The molecule has 5 nitrogen and oxygen atoms in total. The predicted octanol–water partition coefficient (Wildman–Crippen LogP) is 3.12. The number of pyridine rings is 1. The van der Waals surface area contributed by atoms with Gasteiger partial charge in [0.25, 0.3) is 0 Å². The monoisotopic (exact) mass is 406 g/mol. The zero-order chi connectivity index (χ0) is 20.6. The highest BCUT2D eigenvalue weighted by Gasteiger charge is 2.31. The van der Waals surface area contributed by atoms with Gasteiger partial charge in [-0.25, -0.2) is 0 Å². The zero-order valence-electron chi connectivity index (χ0n) is 17.9. The van der Waals surface area contributed by atoms with E-state index in [-0.39, 0.29) is 11.8 Å². The van der Waals surface area contributed by atoms with E-state index in [4.69, 9.17) is 0 Å². The molecule has 4 rings (SSSR count). The Hall–Kier alpha value is -2.24. The summed E-state index contributed by atoms with van der Waals surface area (Å²) in [6.45, 7) is 6.11. The maximum Gasteiger partial charge on any atom is 0.224 e. The van der Waals surface area contributed by atoms with Gasteiger partial charge in [-0.05, 0) is 68.9 Å². The second kappa shape index (κ2) is 10.7. The lowest BCUT2D eigenvalue weighted by Gasteiger charge is -2.42. The van der Waals surface area contributed by atoms with E-state index in [0.29, 0.717) is 12.6 Å². The Kier molecular flexibility index (Phi) is 7.49. The SMILES string of the molecule is O=C(NCCc1cccnc1)[C@H]1CCCN(C2CCN(Cc3ccccc3)CC2)C1. The van der Waals surface area contributed by atoms with Gasteiger partial charge < -0.3 is 5.32 Å². The third-order valence-electron chi connectivity index (χ3n) is 6.58. The third-order valence-corrected chi connectivity index (χ3v) is 6.58. The number of aromatic nitrogens is 1. The molecule has 0 unspecified atom stereocenters. The molecule has 2 aliphatic heterocycles. The van der Waals surface area contributed by atoms with Gasteiger partial charge in [-0.15, -0.1) is 0 Å². The van der Waals surface area contributed by atoms with Crippen molar-refractivity contribution in [3.63, 3.8) is 0 Å². The smallest absolute Gasteiger partial charge is 0.224 e. The lowest BCUT2D eigenvalue weighted by molar-refractivity contribution is -0.127. The van der Waals surface area contributed by atoms with Crippen LogP contribution in [0.2, 0.25) is 0 Å². The van der Waals surface area contributed by atoms with Gasteiger partial charge in [0.05, 0.1) is 5.92 Å². The highest BCUT2D eigenvalue weighted by molar-refractivity contribution is 5.79. The quantitative estimate of drug-likeness (QED) is 0.768. The van der Waals surface area contributed by atoms with Gasteiger partial charge in [0, 0.05) is 38.1 Å². The Bertz CT molecular complexity index is 774. The van der Waals surface area contributed by atoms with Crippen LogP contribution >= 0.6 is 0 Å². The van der Waals surface area contributed by atoms with Gasteiger partial charge in [-0.3, -0.25) is 19.6 Å². The van der Waals surface area contributed by atoms with Crippen molar-refractivity contribution in [2.75, 3.05) is 32.7 Å². The van der Waals surface area contributed by atoms with Gasteiger partial charge in [-0.1, -0.05) is 36.4 Å². The molecule has 1 atom stereocenters. The van der Waals surface area contributed by atoms with Crippen LogP contribution in [0, 0.1) is 5.92 Å². The van der Waals surface area contributed by atoms with Crippen LogP contribution in [0.1, 0.15) is 36.8 Å². The Morgan fingerprint density at radius 3 is 2.57 bits per heavy atom. The molecule has 2 fully saturated rings. The van der Waals surface area contributed by atoms with Crippen molar-refractivity contribution in [1.82, 2.24) is 20.1 Å². The van der Waals surface area contributed by atoms with Crippen molar-refractivity contribution in [3.8, 4) is 0 Å². The Balaban J connectivity index is 1.20. The maximum atomic E-state index is 12.7. The van der Waals surface area contributed by atoms with Crippen LogP contribution < -0.4 is 5.32 Å². The standard InChI is InChI=1S/C25H34N4O/c30-25(27-14-10-21-8-4-13-26-18-21)23-9-5-15-29(20-23)24-11-16-28(17-12-24)19-22-6-2-1-3-7-22/h1-4,6-8,13,18,23-24H,5,9-12,14-17,19-20H2,(H,27,30)/t23-/m0/s1. The van der Waals surface area contributed by atoms with E-state index in [2.05, 4.69) is 56.5 Å². The normalized spacial score (nSPS) is 21.4. The van der Waals surface area contributed by atoms with Gasteiger partial charge in [0.1, 0.15) is 0 Å². The summed E-state index contributed by atoms with van der Waals surface area (Å²) in [5, 5.41) is 3.16. The number of hydrogen-bond acceptors (Lipinski definition) is 4. The largest absolute Gasteiger partial charge is 0.355 e. The molecule has 0 spiro atoms. The van der Waals surface area contributed by atoms with Crippen LogP contribution in [0.15, 0.2) is 54.9 Å². The first-order valence-corrected chi connectivity index (χ1v) is 11.4. The van der Waals surface area contributed by atoms with Crippen molar-refractivity contribution in [2.45, 2.75) is 44.7 Å². The molecule has 30 heavy (non-hydrogen) atoms. The molecule has 2 aromatic rings. The summed E-state index contributed by atoms with van der Waals surface area (Å²) in [6.07, 6.45) is 9.07. The Morgan fingerprint density at radius 1 is 1.00 bits per heavy atom. The second-order valence-corrected chi connectivity index (χ2v) is 8.73. The predicted molar refractivity (Wildman–Crippen MR) is 120 cm³/mol. The Labute approximate surface area is 180 Å². The van der Waals surface area contributed by atoms with E-state index in [1.807, 2.05) is 12.3 Å². The van der Waals surface area contributed by atoms with E-state index in [9.17, 15) is 4.79 Å². The number of rotatable bonds is 7. The fraction of sp³-hybridized carbons (Fsp3) is 0.520. The second-order valence-electron chi connectivity index (χ2n) is 8.73. The molecule has 5 heteroatoms. The highest BCUT2D eigenvalue weighted by atomic mass is 16.1. The zero-order valence-corrected chi connectivity index (χ0v) is 17.9. The first-order chi connectivity index (χ1) is 14.8. The summed E-state index contributed by atoms with van der Waals surface area (Å²) >= 11 is 0. The van der Waals surface area contributed by atoms with Crippen LogP contribution in [-0.4, -0.2) is 59.5 Å². The molecule has 2 aliphatic rings. The van der Waals surface area contributed by atoms with E-state index in [1.165, 1.54) is 24.0 Å². The summed E-state index contributed by atoms with van der Waals surface area (Å²) in [5.41, 5.74) is 2.57. The van der Waals surface area contributed by atoms with E-state index in [1.54, 1.807) is 6.20 Å². The molecule has 1 aromatic heterocycles. The number of nitrogens with one attached hydrogen (secondary N) is 1. The first kappa shape index (κ1) is 21.0. The maximum absolute atomic E-state index is 12.7. The highest BCUT2D eigenvalue weighted by Crippen LogP contribution is 2.24. The fourth-order valence-electron chi connectivity index (χ4n) is 4.86.